The van der Waals surface area contributed by atoms with E-state index in [0.717, 1.165) is 4.90 Å². The van der Waals surface area contributed by atoms with Gasteiger partial charge in [-0.15, -0.1) is 0 Å². The van der Waals surface area contributed by atoms with E-state index in [0.29, 0.717) is 3.80 Å². The Morgan fingerprint density at radius 1 is 1.78 bits per heavy atom. The van der Waals surface area contributed by atoms with Crippen molar-refractivity contribution in [2.75, 3.05) is 14.1 Å². The van der Waals surface area contributed by atoms with Crippen molar-refractivity contribution in [3.05, 3.63) is 0 Å². The van der Waals surface area contributed by atoms with Crippen molar-refractivity contribution in [1.82, 2.24) is 10.2 Å². The van der Waals surface area contributed by atoms with E-state index < -0.39 is 6.09 Å². The molecule has 2 N–H and O–H groups in total. The van der Waals surface area contributed by atoms with Gasteiger partial charge in [0.15, 0.2) is 0 Å². The van der Waals surface area contributed by atoms with Gasteiger partial charge in [-0.2, -0.15) is 0 Å². The molecule has 0 spiro atoms. The Morgan fingerprint density at radius 3 is 2.33 bits per heavy atom. The standard InChI is InChI=1S/C4H8N2O2Te/c1-5-3(9)6(2)4(7)8/h1-2H3,(H,5,9)(H,7,8). The predicted octanol–water partition coefficient (Wildman–Crippen LogP) is -0.928. The molecule has 0 aromatic carbocycles. The quantitative estimate of drug-likeness (QED) is 0.617. The molecule has 0 saturated heterocycles. The summed E-state index contributed by atoms with van der Waals surface area (Å²) in [7, 11) is 3.16. The maximum atomic E-state index is 10.2. The summed E-state index contributed by atoms with van der Waals surface area (Å²) < 4.78 is 0.623. The van der Waals surface area contributed by atoms with Crippen LogP contribution in [0.1, 0.15) is 0 Å². The van der Waals surface area contributed by atoms with Crippen LogP contribution in [-0.4, -0.2) is 55.8 Å². The average Bonchev–Trinajstić information content (AvgIpc) is 1.84. The van der Waals surface area contributed by atoms with Gasteiger partial charge in [0, 0.05) is 0 Å². The molecule has 52 valence electrons. The zero-order chi connectivity index (χ0) is 7.44. The summed E-state index contributed by atoms with van der Waals surface area (Å²) in [5.41, 5.74) is 0. The average molecular weight is 244 g/mol. The summed E-state index contributed by atoms with van der Waals surface area (Å²) in [6, 6.07) is 0. The molecule has 0 aliphatic carbocycles. The van der Waals surface area contributed by atoms with Crippen LogP contribution in [0, 0.1) is 0 Å². The van der Waals surface area contributed by atoms with E-state index in [-0.39, 0.29) is 0 Å². The molecular formula is C4H8N2O2Te. The molecule has 1 amide bonds. The van der Waals surface area contributed by atoms with E-state index in [2.05, 4.69) is 5.32 Å². The molecule has 0 atom stereocenters. The van der Waals surface area contributed by atoms with Crippen molar-refractivity contribution >= 4 is 31.7 Å². The molecule has 0 saturated carbocycles. The summed E-state index contributed by atoms with van der Waals surface area (Å²) >= 11 is 1.62. The molecule has 4 nitrogen and oxygen atoms in total. The van der Waals surface area contributed by atoms with Crippen LogP contribution in [0.25, 0.3) is 0 Å². The molecule has 0 radical (unpaired) electrons. The first-order valence-electron chi connectivity index (χ1n) is 2.28. The van der Waals surface area contributed by atoms with Crippen molar-refractivity contribution < 1.29 is 9.90 Å². The molecule has 0 aliphatic heterocycles. The van der Waals surface area contributed by atoms with Crippen LogP contribution in [0.15, 0.2) is 0 Å². The Morgan fingerprint density at radius 2 is 2.22 bits per heavy atom. The van der Waals surface area contributed by atoms with Crippen LogP contribution in [0.2, 0.25) is 0 Å². The molecule has 0 aliphatic rings. The SMILES string of the molecule is CNC(=[Te])N(C)C(=O)O. The third kappa shape index (κ3) is 2.68. The Balaban J connectivity index is 3.88. The summed E-state index contributed by atoms with van der Waals surface area (Å²) in [4.78, 5) is 11.3. The Bertz CT molecular complexity index is 137. The van der Waals surface area contributed by atoms with Gasteiger partial charge >= 0.3 is 65.9 Å². The molecular weight excluding hydrogens is 236 g/mol. The second kappa shape index (κ2) is 3.70. The summed E-state index contributed by atoms with van der Waals surface area (Å²) in [6.07, 6.45) is -0.954. The van der Waals surface area contributed by atoms with E-state index in [1.165, 1.54) is 7.05 Å². The number of amides is 1. The molecule has 0 rings (SSSR count). The van der Waals surface area contributed by atoms with E-state index in [1.54, 1.807) is 28.9 Å². The van der Waals surface area contributed by atoms with Gasteiger partial charge in [0.25, 0.3) is 0 Å². The fourth-order valence-electron chi connectivity index (χ4n) is 0.255. The summed E-state index contributed by atoms with van der Waals surface area (Å²) in [5, 5.41) is 11.1. The van der Waals surface area contributed by atoms with Crippen molar-refractivity contribution in [3.63, 3.8) is 0 Å². The second-order valence-electron chi connectivity index (χ2n) is 1.40. The zero-order valence-electron chi connectivity index (χ0n) is 5.21. The van der Waals surface area contributed by atoms with Crippen LogP contribution in [0.4, 0.5) is 4.79 Å². The molecule has 0 bridgehead atoms. The summed E-state index contributed by atoms with van der Waals surface area (Å²) in [5.74, 6) is 0. The van der Waals surface area contributed by atoms with Gasteiger partial charge in [-0.3, -0.25) is 0 Å². The van der Waals surface area contributed by atoms with E-state index in [4.69, 9.17) is 5.11 Å². The van der Waals surface area contributed by atoms with Crippen molar-refractivity contribution in [2.24, 2.45) is 0 Å². The van der Waals surface area contributed by atoms with E-state index in [9.17, 15) is 4.79 Å². The van der Waals surface area contributed by atoms with E-state index >= 15 is 0 Å². The van der Waals surface area contributed by atoms with Gasteiger partial charge in [0.05, 0.1) is 0 Å². The maximum absolute atomic E-state index is 10.2. The second-order valence-corrected chi connectivity index (χ2v) is 2.50. The summed E-state index contributed by atoms with van der Waals surface area (Å²) in [6.45, 7) is 0. The van der Waals surface area contributed by atoms with Gasteiger partial charge in [0.1, 0.15) is 0 Å². The van der Waals surface area contributed by atoms with Gasteiger partial charge in [0.2, 0.25) is 0 Å². The minimum absolute atomic E-state index is 0.623. The fourth-order valence-corrected chi connectivity index (χ4v) is 0.477. The molecule has 5 heteroatoms. The van der Waals surface area contributed by atoms with E-state index in [1.807, 2.05) is 0 Å². The molecule has 9 heavy (non-hydrogen) atoms. The fraction of sp³-hybridized carbons (Fsp3) is 0.500. The van der Waals surface area contributed by atoms with Crippen LogP contribution in [0.5, 0.6) is 0 Å². The number of rotatable bonds is 2. The topological polar surface area (TPSA) is 52.6 Å². The van der Waals surface area contributed by atoms with Gasteiger partial charge in [-0.05, 0) is 0 Å². The molecule has 0 aromatic rings. The van der Waals surface area contributed by atoms with Gasteiger partial charge in [-0.1, -0.05) is 0 Å². The zero-order valence-corrected chi connectivity index (χ0v) is 7.54. The van der Waals surface area contributed by atoms with Gasteiger partial charge < -0.3 is 0 Å². The van der Waals surface area contributed by atoms with Crippen molar-refractivity contribution in [2.45, 2.75) is 0 Å². The van der Waals surface area contributed by atoms with Crippen LogP contribution >= 0.6 is 0 Å². The monoisotopic (exact) mass is 246 g/mol. The number of nitrogens with one attached hydrogen (secondary N) is 1. The first-order valence-corrected chi connectivity index (χ1v) is 3.44. The Hall–Kier alpha value is -0.270. The normalized spacial score (nSPS) is 8.22. The van der Waals surface area contributed by atoms with Crippen LogP contribution < -0.4 is 5.32 Å². The van der Waals surface area contributed by atoms with Crippen LogP contribution in [0.3, 0.4) is 0 Å². The molecule has 0 heterocycles. The minimum atomic E-state index is -0.954. The Kier molecular flexibility index (Phi) is 3.59. The van der Waals surface area contributed by atoms with Crippen LogP contribution in [-0.2, 0) is 0 Å². The first kappa shape index (κ1) is 8.73. The number of hydrogen-bond donors (Lipinski definition) is 2. The van der Waals surface area contributed by atoms with Crippen molar-refractivity contribution in [1.29, 1.82) is 0 Å². The van der Waals surface area contributed by atoms with Crippen molar-refractivity contribution in [3.8, 4) is 0 Å². The predicted molar refractivity (Wildman–Crippen MR) is 35.6 cm³/mol. The molecule has 0 fully saturated rings. The first-order chi connectivity index (χ1) is 4.09. The van der Waals surface area contributed by atoms with Gasteiger partial charge in [-0.25, -0.2) is 0 Å². The molecule has 0 aromatic heterocycles. The Labute approximate surface area is 66.2 Å². The third-order valence-electron chi connectivity index (χ3n) is 0.805. The number of carboxylic acid groups (broad SMARTS) is 1. The number of nitrogens with zero attached hydrogens (tertiary/aromatic N) is 1. The third-order valence-corrected chi connectivity index (χ3v) is 2.17. The molecule has 0 unspecified atom stereocenters. The number of carbonyl (C=O) groups is 1. The number of hydrogen-bond acceptors (Lipinski definition) is 2.